The second kappa shape index (κ2) is 8.52. The molecule has 0 saturated carbocycles. The molecule has 1 aliphatic rings. The van der Waals surface area contributed by atoms with Gasteiger partial charge in [0.25, 0.3) is 10.0 Å². The van der Waals surface area contributed by atoms with Gasteiger partial charge in [0.05, 0.1) is 5.92 Å². The number of rotatable bonds is 5. The number of carbonyl (C=O) groups is 1. The number of sulfonamides is 1. The quantitative estimate of drug-likeness (QED) is 0.621. The molecule has 3 heterocycles. The molecule has 1 saturated heterocycles. The fourth-order valence-corrected chi connectivity index (χ4v) is 6.56. The van der Waals surface area contributed by atoms with Gasteiger partial charge in [-0.25, -0.2) is 8.42 Å². The molecule has 1 aliphatic heterocycles. The highest BCUT2D eigenvalue weighted by atomic mass is 32.2. The van der Waals surface area contributed by atoms with Crippen LogP contribution in [0, 0.1) is 26.7 Å². The van der Waals surface area contributed by atoms with Crippen molar-refractivity contribution in [3.8, 4) is 11.4 Å². The number of thiophene rings is 1. The number of hydrogen-bond donors (Lipinski definition) is 1. The van der Waals surface area contributed by atoms with Crippen molar-refractivity contribution in [2.45, 2.75) is 37.8 Å². The third kappa shape index (κ3) is 4.41. The number of nitrogens with one attached hydrogen (secondary N) is 1. The maximum absolute atomic E-state index is 13.2. The molecule has 3 aromatic rings. The minimum atomic E-state index is -3.71. The van der Waals surface area contributed by atoms with Crippen LogP contribution in [-0.4, -0.2) is 41.9 Å². The summed E-state index contributed by atoms with van der Waals surface area (Å²) >= 11 is 1.12. The zero-order valence-corrected chi connectivity index (χ0v) is 19.2. The summed E-state index contributed by atoms with van der Waals surface area (Å²) in [6.07, 6.45) is 1.28. The van der Waals surface area contributed by atoms with Gasteiger partial charge in [0.2, 0.25) is 17.6 Å². The van der Waals surface area contributed by atoms with Crippen molar-refractivity contribution in [3.63, 3.8) is 0 Å². The van der Waals surface area contributed by atoms with Gasteiger partial charge in [-0.05, 0) is 43.9 Å². The van der Waals surface area contributed by atoms with Crippen LogP contribution in [0.2, 0.25) is 0 Å². The number of hydrogen-bond acceptors (Lipinski definition) is 7. The molecular weight excluding hydrogens is 436 g/mol. The first kappa shape index (κ1) is 21.7. The Balaban J connectivity index is 1.50. The predicted octanol–water partition coefficient (Wildman–Crippen LogP) is 3.76. The average Bonchev–Trinajstić information content (AvgIpc) is 3.40. The van der Waals surface area contributed by atoms with Crippen LogP contribution in [-0.2, 0) is 14.8 Å². The Bertz CT molecular complexity index is 1200. The maximum Gasteiger partial charge on any atom is 0.252 e. The number of anilines is 1. The zero-order valence-electron chi connectivity index (χ0n) is 17.6. The molecule has 0 unspecified atom stereocenters. The van der Waals surface area contributed by atoms with E-state index in [-0.39, 0.29) is 16.7 Å². The number of piperidine rings is 1. The molecule has 1 atom stereocenters. The summed E-state index contributed by atoms with van der Waals surface area (Å²) < 4.78 is 33.0. The summed E-state index contributed by atoms with van der Waals surface area (Å²) in [6, 6.07) is 7.39. The third-order valence-corrected chi connectivity index (χ3v) is 8.72. The number of para-hydroxylation sites is 1. The molecule has 0 bridgehead atoms. The van der Waals surface area contributed by atoms with Crippen LogP contribution < -0.4 is 5.32 Å². The van der Waals surface area contributed by atoms with Crippen LogP contribution in [0.4, 0.5) is 5.69 Å². The highest BCUT2D eigenvalue weighted by Gasteiger charge is 2.34. The lowest BCUT2D eigenvalue weighted by Gasteiger charge is -2.31. The van der Waals surface area contributed by atoms with Crippen molar-refractivity contribution >= 4 is 33.0 Å². The van der Waals surface area contributed by atoms with Crippen molar-refractivity contribution < 1.29 is 17.7 Å². The molecule has 0 spiro atoms. The van der Waals surface area contributed by atoms with E-state index in [2.05, 4.69) is 15.5 Å². The maximum atomic E-state index is 13.2. The molecule has 1 N–H and O–H groups in total. The second-order valence-electron chi connectivity index (χ2n) is 7.75. The average molecular weight is 461 g/mol. The first-order valence-electron chi connectivity index (χ1n) is 10.0. The van der Waals surface area contributed by atoms with Gasteiger partial charge < -0.3 is 9.84 Å². The zero-order chi connectivity index (χ0) is 22.2. The van der Waals surface area contributed by atoms with Crippen LogP contribution in [0.3, 0.4) is 0 Å². The lowest BCUT2D eigenvalue weighted by molar-refractivity contribution is -0.120. The van der Waals surface area contributed by atoms with E-state index in [1.165, 1.54) is 4.31 Å². The van der Waals surface area contributed by atoms with Gasteiger partial charge in [-0.15, -0.1) is 11.3 Å². The Morgan fingerprint density at radius 3 is 2.68 bits per heavy atom. The minimum Gasteiger partial charge on any atom is -0.339 e. The highest BCUT2D eigenvalue weighted by molar-refractivity contribution is 7.91. The van der Waals surface area contributed by atoms with Crippen LogP contribution in [0.1, 0.15) is 29.9 Å². The monoisotopic (exact) mass is 460 g/mol. The predicted molar refractivity (Wildman–Crippen MR) is 118 cm³/mol. The second-order valence-corrected chi connectivity index (χ2v) is 10.8. The molecule has 0 aliphatic carbocycles. The van der Waals surface area contributed by atoms with Gasteiger partial charge in [0.15, 0.2) is 0 Å². The van der Waals surface area contributed by atoms with Crippen LogP contribution in [0.15, 0.2) is 38.4 Å². The minimum absolute atomic E-state index is 0.147. The first-order chi connectivity index (χ1) is 14.8. The number of nitrogens with zero attached hydrogens (tertiary/aromatic N) is 3. The molecule has 1 fully saturated rings. The standard InChI is InChI=1S/C21H24N4O4S2/c1-13-6-4-7-14(2)19(13)23-21(26)16-8-5-9-25(11-16)31(27,28)18-10-17(12-30-18)20-22-15(3)29-24-20/h4,6-7,10,12,16H,5,8-9,11H2,1-3H3,(H,23,26)/t16-/m0/s1. The van der Waals surface area contributed by atoms with Gasteiger partial charge in [-0.3, -0.25) is 4.79 Å². The summed E-state index contributed by atoms with van der Waals surface area (Å²) in [5.41, 5.74) is 3.36. The highest BCUT2D eigenvalue weighted by Crippen LogP contribution is 2.31. The number of carbonyl (C=O) groups excluding carboxylic acids is 1. The lowest BCUT2D eigenvalue weighted by atomic mass is 9.98. The lowest BCUT2D eigenvalue weighted by Crippen LogP contribution is -2.43. The van der Waals surface area contributed by atoms with Crippen molar-refractivity contribution in [2.24, 2.45) is 5.92 Å². The van der Waals surface area contributed by atoms with E-state index in [1.807, 2.05) is 32.0 Å². The van der Waals surface area contributed by atoms with Gasteiger partial charge in [0, 0.05) is 36.6 Å². The van der Waals surface area contributed by atoms with Crippen molar-refractivity contribution in [3.05, 3.63) is 46.7 Å². The number of amides is 1. The Morgan fingerprint density at radius 2 is 2.00 bits per heavy atom. The van der Waals surface area contributed by atoms with Crippen molar-refractivity contribution in [2.75, 3.05) is 18.4 Å². The summed E-state index contributed by atoms with van der Waals surface area (Å²) in [7, 11) is -3.71. The van der Waals surface area contributed by atoms with Crippen LogP contribution in [0.5, 0.6) is 0 Å². The summed E-state index contributed by atoms with van der Waals surface area (Å²) in [5.74, 6) is 0.229. The molecule has 1 amide bonds. The largest absolute Gasteiger partial charge is 0.339 e. The van der Waals surface area contributed by atoms with E-state index in [1.54, 1.807) is 18.4 Å². The molecule has 4 rings (SSSR count). The van der Waals surface area contributed by atoms with Gasteiger partial charge in [-0.1, -0.05) is 23.4 Å². The van der Waals surface area contributed by atoms with Crippen LogP contribution >= 0.6 is 11.3 Å². The number of aryl methyl sites for hydroxylation is 3. The SMILES string of the molecule is Cc1nc(-c2csc(S(=O)(=O)N3CCC[C@H](C(=O)Nc4c(C)cccc4C)C3)c2)no1. The Hall–Kier alpha value is -2.56. The topological polar surface area (TPSA) is 105 Å². The van der Waals surface area contributed by atoms with Gasteiger partial charge >= 0.3 is 0 Å². The molecular formula is C21H24N4O4S2. The smallest absolute Gasteiger partial charge is 0.252 e. The van der Waals surface area contributed by atoms with E-state index in [9.17, 15) is 13.2 Å². The fourth-order valence-electron chi connectivity index (χ4n) is 3.72. The third-order valence-electron chi connectivity index (χ3n) is 5.44. The van der Waals surface area contributed by atoms with Gasteiger partial charge in [0.1, 0.15) is 4.21 Å². The van der Waals surface area contributed by atoms with Crippen LogP contribution in [0.25, 0.3) is 11.4 Å². The normalized spacial score (nSPS) is 17.6. The molecule has 2 aromatic heterocycles. The molecule has 164 valence electrons. The molecule has 8 nitrogen and oxygen atoms in total. The Kier molecular flexibility index (Phi) is 5.96. The summed E-state index contributed by atoms with van der Waals surface area (Å²) in [6.45, 7) is 6.12. The van der Waals surface area contributed by atoms with E-state index in [0.717, 1.165) is 28.2 Å². The van der Waals surface area contributed by atoms with E-state index >= 15 is 0 Å². The molecule has 10 heteroatoms. The Morgan fingerprint density at radius 1 is 1.26 bits per heavy atom. The molecule has 31 heavy (non-hydrogen) atoms. The number of aromatic nitrogens is 2. The first-order valence-corrected chi connectivity index (χ1v) is 12.3. The number of benzene rings is 1. The van der Waals surface area contributed by atoms with Crippen molar-refractivity contribution in [1.82, 2.24) is 14.4 Å². The van der Waals surface area contributed by atoms with Gasteiger partial charge in [-0.2, -0.15) is 9.29 Å². The van der Waals surface area contributed by atoms with E-state index < -0.39 is 15.9 Å². The molecule has 1 aromatic carbocycles. The summed E-state index contributed by atoms with van der Waals surface area (Å²) in [5, 5.41) is 8.55. The van der Waals surface area contributed by atoms with E-state index in [0.29, 0.717) is 36.7 Å². The molecule has 0 radical (unpaired) electrons. The summed E-state index contributed by atoms with van der Waals surface area (Å²) in [4.78, 5) is 17.1. The Labute approximate surface area is 185 Å². The van der Waals surface area contributed by atoms with Crippen molar-refractivity contribution in [1.29, 1.82) is 0 Å². The fraction of sp³-hybridized carbons (Fsp3) is 0.381. The van der Waals surface area contributed by atoms with E-state index in [4.69, 9.17) is 4.52 Å².